The van der Waals surface area contributed by atoms with Gasteiger partial charge in [0, 0.05) is 16.4 Å². The summed E-state index contributed by atoms with van der Waals surface area (Å²) in [4.78, 5) is 0. The Balaban J connectivity index is 0.00000133. The molecule has 0 fully saturated rings. The van der Waals surface area contributed by atoms with E-state index in [-0.39, 0.29) is 29.6 Å². The number of rotatable bonds is 2. The fourth-order valence-corrected chi connectivity index (χ4v) is 2.09. The Morgan fingerprint density at radius 3 is 2.00 bits per heavy atom. The molecule has 0 unspecified atom stereocenters. The molecule has 0 saturated carbocycles. The summed E-state index contributed by atoms with van der Waals surface area (Å²) in [6.45, 7) is 0. The molecule has 0 bridgehead atoms. The third-order valence-electron chi connectivity index (χ3n) is 2.68. The van der Waals surface area contributed by atoms with Gasteiger partial charge in [-0.25, -0.2) is 0 Å². The van der Waals surface area contributed by atoms with E-state index in [1.807, 2.05) is 65.2 Å². The van der Waals surface area contributed by atoms with Gasteiger partial charge in [0.15, 0.2) is 5.82 Å². The van der Waals surface area contributed by atoms with E-state index < -0.39 is 0 Å². The van der Waals surface area contributed by atoms with Crippen molar-refractivity contribution >= 4 is 12.6 Å². The minimum atomic E-state index is 0. The zero-order valence-corrected chi connectivity index (χ0v) is 13.3. The topological polar surface area (TPSA) is 30.7 Å². The van der Waals surface area contributed by atoms with E-state index in [1.54, 1.807) is 0 Å². The molecule has 0 N–H and O–H groups in total. The first kappa shape index (κ1) is 14.2. The van der Waals surface area contributed by atoms with Crippen LogP contribution < -0.4 is 29.6 Å². The van der Waals surface area contributed by atoms with Crippen molar-refractivity contribution in [1.29, 1.82) is 0 Å². The maximum Gasteiger partial charge on any atom is 1.00 e. The molecular formula is C14H10N3NaS. The minimum absolute atomic E-state index is 0. The first-order valence-electron chi connectivity index (χ1n) is 5.59. The van der Waals surface area contributed by atoms with Crippen LogP contribution in [-0.4, -0.2) is 14.8 Å². The summed E-state index contributed by atoms with van der Waals surface area (Å²) < 4.78 is 1.88. The molecule has 0 spiro atoms. The summed E-state index contributed by atoms with van der Waals surface area (Å²) in [5.41, 5.74) is 1.98. The van der Waals surface area contributed by atoms with Crippen LogP contribution in [-0.2, 0) is 12.6 Å². The predicted octanol–water partition coefficient (Wildman–Crippen LogP) is -0.156. The van der Waals surface area contributed by atoms with Crippen molar-refractivity contribution in [2.24, 2.45) is 0 Å². The largest absolute Gasteiger partial charge is 1.00 e. The Bertz CT molecular complexity index is 653. The van der Waals surface area contributed by atoms with E-state index in [9.17, 15) is 0 Å². The van der Waals surface area contributed by atoms with Gasteiger partial charge in [-0.3, -0.25) is 4.57 Å². The third-order valence-corrected chi connectivity index (χ3v) is 2.94. The molecule has 0 amide bonds. The fourth-order valence-electron chi connectivity index (χ4n) is 1.85. The molecule has 0 atom stereocenters. The molecule has 88 valence electrons. The number of benzene rings is 2. The van der Waals surface area contributed by atoms with Crippen LogP contribution in [0.5, 0.6) is 0 Å². The third kappa shape index (κ3) is 2.87. The van der Waals surface area contributed by atoms with Gasteiger partial charge in [-0.05, 0) is 12.1 Å². The second kappa shape index (κ2) is 6.30. The van der Waals surface area contributed by atoms with Crippen LogP contribution >= 0.6 is 0 Å². The van der Waals surface area contributed by atoms with Crippen molar-refractivity contribution < 1.29 is 29.6 Å². The Morgan fingerprint density at radius 1 is 0.789 bits per heavy atom. The van der Waals surface area contributed by atoms with Crippen molar-refractivity contribution in [3.63, 3.8) is 0 Å². The van der Waals surface area contributed by atoms with Gasteiger partial charge in [-0.1, -0.05) is 48.5 Å². The van der Waals surface area contributed by atoms with Crippen LogP contribution in [0.15, 0.2) is 65.8 Å². The van der Waals surface area contributed by atoms with Gasteiger partial charge in [-0.15, -0.1) is 5.10 Å². The van der Waals surface area contributed by atoms with Crippen LogP contribution in [0.4, 0.5) is 0 Å². The minimum Gasteiger partial charge on any atom is -0.740 e. The second-order valence-electron chi connectivity index (χ2n) is 3.84. The van der Waals surface area contributed by atoms with Gasteiger partial charge in [0.1, 0.15) is 0 Å². The van der Waals surface area contributed by atoms with Gasteiger partial charge in [-0.2, -0.15) is 5.10 Å². The molecule has 0 aliphatic rings. The van der Waals surface area contributed by atoms with Gasteiger partial charge < -0.3 is 12.6 Å². The van der Waals surface area contributed by atoms with Gasteiger partial charge in [0.05, 0.1) is 0 Å². The van der Waals surface area contributed by atoms with Crippen LogP contribution in [0, 0.1) is 0 Å². The van der Waals surface area contributed by atoms with Gasteiger partial charge in [0.25, 0.3) is 0 Å². The number of hydrogen-bond acceptors (Lipinski definition) is 3. The summed E-state index contributed by atoms with van der Waals surface area (Å²) in [5.74, 6) is 0.770. The Hall–Kier alpha value is -1.20. The molecule has 0 radical (unpaired) electrons. The van der Waals surface area contributed by atoms with Crippen molar-refractivity contribution in [3.8, 4) is 17.1 Å². The van der Waals surface area contributed by atoms with Gasteiger partial charge in [0.2, 0.25) is 0 Å². The second-order valence-corrected chi connectivity index (χ2v) is 4.21. The average molecular weight is 275 g/mol. The molecule has 3 rings (SSSR count). The molecule has 19 heavy (non-hydrogen) atoms. The molecule has 2 aromatic carbocycles. The van der Waals surface area contributed by atoms with Crippen LogP contribution in [0.3, 0.4) is 0 Å². The maximum atomic E-state index is 5.24. The summed E-state index contributed by atoms with van der Waals surface area (Å²) >= 11 is 5.24. The van der Waals surface area contributed by atoms with E-state index in [0.29, 0.717) is 5.16 Å². The first-order valence-corrected chi connectivity index (χ1v) is 6.00. The molecule has 0 aliphatic heterocycles. The SMILES string of the molecule is [Na+].[S-]c1nnc(-c2ccccc2)n1-c1ccccc1. The summed E-state index contributed by atoms with van der Waals surface area (Å²) in [6.07, 6.45) is 0. The van der Waals surface area contributed by atoms with E-state index in [1.165, 1.54) is 0 Å². The molecule has 0 saturated heterocycles. The van der Waals surface area contributed by atoms with E-state index in [2.05, 4.69) is 10.2 Å². The van der Waals surface area contributed by atoms with E-state index in [4.69, 9.17) is 12.6 Å². The zero-order chi connectivity index (χ0) is 12.4. The number of nitrogens with zero attached hydrogens (tertiary/aromatic N) is 3. The molecule has 3 nitrogen and oxygen atoms in total. The Morgan fingerprint density at radius 2 is 1.37 bits per heavy atom. The van der Waals surface area contributed by atoms with Crippen molar-refractivity contribution in [2.45, 2.75) is 5.16 Å². The summed E-state index contributed by atoms with van der Waals surface area (Å²) in [5, 5.41) is 8.64. The molecule has 1 aromatic heterocycles. The van der Waals surface area contributed by atoms with Crippen molar-refractivity contribution in [1.82, 2.24) is 14.8 Å². The van der Waals surface area contributed by atoms with E-state index in [0.717, 1.165) is 17.1 Å². The number of para-hydroxylation sites is 1. The quantitative estimate of drug-likeness (QED) is 0.481. The molecule has 0 aliphatic carbocycles. The van der Waals surface area contributed by atoms with E-state index >= 15 is 0 Å². The first-order chi connectivity index (χ1) is 8.86. The van der Waals surface area contributed by atoms with Gasteiger partial charge >= 0.3 is 29.6 Å². The van der Waals surface area contributed by atoms with Crippen LogP contribution in [0.1, 0.15) is 0 Å². The Labute approximate surface area is 139 Å². The standard InChI is InChI=1S/C14H11N3S.Na/c18-14-16-15-13(11-7-3-1-4-8-11)17(14)12-9-5-2-6-10-12;/h1-10H,(H,16,18);/q;+1/p-1. The summed E-state index contributed by atoms with van der Waals surface area (Å²) in [7, 11) is 0. The molecule has 3 aromatic rings. The van der Waals surface area contributed by atoms with Crippen molar-refractivity contribution in [2.75, 3.05) is 0 Å². The van der Waals surface area contributed by atoms with Crippen molar-refractivity contribution in [3.05, 3.63) is 60.7 Å². The zero-order valence-electron chi connectivity index (χ0n) is 10.5. The smallest absolute Gasteiger partial charge is 0.740 e. The number of hydrogen-bond donors (Lipinski definition) is 0. The predicted molar refractivity (Wildman–Crippen MR) is 72.4 cm³/mol. The Kier molecular flexibility index (Phi) is 4.71. The number of aromatic nitrogens is 3. The fraction of sp³-hybridized carbons (Fsp3) is 0. The monoisotopic (exact) mass is 275 g/mol. The maximum absolute atomic E-state index is 5.24. The molecular weight excluding hydrogens is 265 g/mol. The molecule has 5 heteroatoms. The van der Waals surface area contributed by atoms with Crippen LogP contribution in [0.2, 0.25) is 0 Å². The summed E-state index contributed by atoms with van der Waals surface area (Å²) in [6, 6.07) is 19.8. The normalized spacial score (nSPS) is 9.89. The van der Waals surface area contributed by atoms with Crippen LogP contribution in [0.25, 0.3) is 17.1 Å². The average Bonchev–Trinajstić information content (AvgIpc) is 2.83. The molecule has 1 heterocycles.